The molecule has 1 N–H and O–H groups in total. The molecule has 3 heteroatoms. The average molecular weight is 287 g/mol. The Labute approximate surface area is 125 Å². The van der Waals surface area contributed by atoms with Gasteiger partial charge < -0.3 is 10.1 Å². The van der Waals surface area contributed by atoms with Gasteiger partial charge >= 0.3 is 0 Å². The SMILES string of the molecule is CCOCc1ccccc1NCc1ccc(SC)cc1. The standard InChI is InChI=1S/C17H21NOS/c1-3-19-13-15-6-4-5-7-17(15)18-12-14-8-10-16(20-2)11-9-14/h4-11,18H,3,12-13H2,1-2H3. The number of ether oxygens (including phenoxy) is 1. The summed E-state index contributed by atoms with van der Waals surface area (Å²) in [5.74, 6) is 0. The third kappa shape index (κ3) is 4.29. The molecule has 0 aliphatic heterocycles. The van der Waals surface area contributed by atoms with Crippen LogP contribution in [0.25, 0.3) is 0 Å². The fourth-order valence-corrected chi connectivity index (χ4v) is 2.38. The lowest BCUT2D eigenvalue weighted by Gasteiger charge is -2.12. The first-order chi connectivity index (χ1) is 9.83. The summed E-state index contributed by atoms with van der Waals surface area (Å²) in [5.41, 5.74) is 3.64. The summed E-state index contributed by atoms with van der Waals surface area (Å²) in [7, 11) is 0. The zero-order valence-corrected chi connectivity index (χ0v) is 12.9. The van der Waals surface area contributed by atoms with Crippen LogP contribution in [-0.4, -0.2) is 12.9 Å². The van der Waals surface area contributed by atoms with Gasteiger partial charge in [-0.25, -0.2) is 0 Å². The van der Waals surface area contributed by atoms with Crippen molar-refractivity contribution in [3.8, 4) is 0 Å². The first-order valence-electron chi connectivity index (χ1n) is 6.86. The van der Waals surface area contributed by atoms with E-state index in [4.69, 9.17) is 4.74 Å². The van der Waals surface area contributed by atoms with Crippen molar-refractivity contribution < 1.29 is 4.74 Å². The lowest BCUT2D eigenvalue weighted by Crippen LogP contribution is -2.03. The van der Waals surface area contributed by atoms with Crippen molar-refractivity contribution in [2.45, 2.75) is 25.0 Å². The summed E-state index contributed by atoms with van der Waals surface area (Å²) in [6.45, 7) is 4.25. The molecule has 106 valence electrons. The van der Waals surface area contributed by atoms with Gasteiger partial charge in [0.1, 0.15) is 0 Å². The highest BCUT2D eigenvalue weighted by Crippen LogP contribution is 2.19. The molecule has 0 heterocycles. The molecule has 0 bridgehead atoms. The highest BCUT2D eigenvalue weighted by atomic mass is 32.2. The highest BCUT2D eigenvalue weighted by Gasteiger charge is 2.01. The summed E-state index contributed by atoms with van der Waals surface area (Å²) >= 11 is 1.77. The molecule has 0 saturated carbocycles. The molecular weight excluding hydrogens is 266 g/mol. The monoisotopic (exact) mass is 287 g/mol. The molecule has 0 aromatic heterocycles. The molecule has 0 spiro atoms. The van der Waals surface area contributed by atoms with Crippen LogP contribution in [0.2, 0.25) is 0 Å². The highest BCUT2D eigenvalue weighted by molar-refractivity contribution is 7.98. The number of anilines is 1. The molecule has 20 heavy (non-hydrogen) atoms. The largest absolute Gasteiger partial charge is 0.381 e. The van der Waals surface area contributed by atoms with E-state index in [0.29, 0.717) is 6.61 Å². The lowest BCUT2D eigenvalue weighted by molar-refractivity contribution is 0.134. The van der Waals surface area contributed by atoms with E-state index >= 15 is 0 Å². The number of rotatable bonds is 7. The van der Waals surface area contributed by atoms with Gasteiger partial charge in [-0.1, -0.05) is 30.3 Å². The molecule has 2 aromatic carbocycles. The smallest absolute Gasteiger partial charge is 0.0736 e. The molecule has 0 unspecified atom stereocenters. The molecule has 2 aromatic rings. The van der Waals surface area contributed by atoms with Crippen LogP contribution in [-0.2, 0) is 17.9 Å². The van der Waals surface area contributed by atoms with E-state index in [1.807, 2.05) is 13.0 Å². The third-order valence-corrected chi connectivity index (χ3v) is 3.86. The van der Waals surface area contributed by atoms with E-state index in [1.165, 1.54) is 16.0 Å². The van der Waals surface area contributed by atoms with Crippen molar-refractivity contribution in [3.63, 3.8) is 0 Å². The van der Waals surface area contributed by atoms with Gasteiger partial charge in [-0.05, 0) is 36.9 Å². The summed E-state index contributed by atoms with van der Waals surface area (Å²) < 4.78 is 5.50. The second-order valence-electron chi connectivity index (χ2n) is 4.50. The first kappa shape index (κ1) is 14.9. The van der Waals surface area contributed by atoms with Crippen LogP contribution in [0.4, 0.5) is 5.69 Å². The minimum atomic E-state index is 0.658. The van der Waals surface area contributed by atoms with Crippen molar-refractivity contribution in [2.24, 2.45) is 0 Å². The molecule has 2 rings (SSSR count). The van der Waals surface area contributed by atoms with Gasteiger partial charge in [0.05, 0.1) is 6.61 Å². The van der Waals surface area contributed by atoms with E-state index in [9.17, 15) is 0 Å². The Bertz CT molecular complexity index is 525. The van der Waals surface area contributed by atoms with Gasteiger partial charge in [0.15, 0.2) is 0 Å². The second kappa shape index (κ2) is 7.98. The fourth-order valence-electron chi connectivity index (χ4n) is 1.97. The third-order valence-electron chi connectivity index (χ3n) is 3.12. The van der Waals surface area contributed by atoms with E-state index in [0.717, 1.165) is 18.8 Å². The van der Waals surface area contributed by atoms with Gasteiger partial charge in [-0.15, -0.1) is 11.8 Å². The van der Waals surface area contributed by atoms with E-state index in [1.54, 1.807) is 11.8 Å². The minimum Gasteiger partial charge on any atom is -0.381 e. The predicted molar refractivity (Wildman–Crippen MR) is 87.3 cm³/mol. The van der Waals surface area contributed by atoms with Crippen LogP contribution >= 0.6 is 11.8 Å². The van der Waals surface area contributed by atoms with Crippen LogP contribution in [0.3, 0.4) is 0 Å². The number of para-hydroxylation sites is 1. The quantitative estimate of drug-likeness (QED) is 0.754. The second-order valence-corrected chi connectivity index (χ2v) is 5.38. The molecule has 0 saturated heterocycles. The van der Waals surface area contributed by atoms with Crippen molar-refractivity contribution in [3.05, 3.63) is 59.7 Å². The zero-order valence-electron chi connectivity index (χ0n) is 12.1. The molecule has 0 atom stereocenters. The minimum absolute atomic E-state index is 0.658. The van der Waals surface area contributed by atoms with Gasteiger partial charge in [0, 0.05) is 29.3 Å². The molecule has 0 aliphatic carbocycles. The molecule has 0 fully saturated rings. The summed E-state index contributed by atoms with van der Waals surface area (Å²) in [6, 6.07) is 17.0. The van der Waals surface area contributed by atoms with E-state index < -0.39 is 0 Å². The predicted octanol–water partition coefficient (Wildman–Crippen LogP) is 4.56. The summed E-state index contributed by atoms with van der Waals surface area (Å²) in [4.78, 5) is 1.30. The maximum atomic E-state index is 5.50. The fraction of sp³-hybridized carbons (Fsp3) is 0.294. The molecule has 2 nitrogen and oxygen atoms in total. The molecule has 0 amide bonds. The van der Waals surface area contributed by atoms with Crippen LogP contribution in [0.5, 0.6) is 0 Å². The van der Waals surface area contributed by atoms with Crippen LogP contribution in [0.15, 0.2) is 53.4 Å². The van der Waals surface area contributed by atoms with Gasteiger partial charge in [0.2, 0.25) is 0 Å². The molecular formula is C17H21NOS. The van der Waals surface area contributed by atoms with Crippen molar-refractivity contribution in [2.75, 3.05) is 18.2 Å². The topological polar surface area (TPSA) is 21.3 Å². The Morgan fingerprint density at radius 1 is 1.05 bits per heavy atom. The van der Waals surface area contributed by atoms with Gasteiger partial charge in [-0.3, -0.25) is 0 Å². The number of hydrogen-bond donors (Lipinski definition) is 1. The Balaban J connectivity index is 1.98. The van der Waals surface area contributed by atoms with Crippen LogP contribution in [0.1, 0.15) is 18.1 Å². The van der Waals surface area contributed by atoms with E-state index in [2.05, 4.69) is 54.0 Å². The summed E-state index contributed by atoms with van der Waals surface area (Å²) in [5, 5.41) is 3.49. The Morgan fingerprint density at radius 3 is 2.50 bits per heavy atom. The van der Waals surface area contributed by atoms with Gasteiger partial charge in [0.25, 0.3) is 0 Å². The first-order valence-corrected chi connectivity index (χ1v) is 8.08. The van der Waals surface area contributed by atoms with Crippen LogP contribution in [0, 0.1) is 0 Å². The van der Waals surface area contributed by atoms with Crippen molar-refractivity contribution in [1.82, 2.24) is 0 Å². The Morgan fingerprint density at radius 2 is 1.80 bits per heavy atom. The lowest BCUT2D eigenvalue weighted by atomic mass is 10.1. The number of nitrogens with one attached hydrogen (secondary N) is 1. The summed E-state index contributed by atoms with van der Waals surface area (Å²) in [6.07, 6.45) is 2.09. The van der Waals surface area contributed by atoms with Crippen molar-refractivity contribution >= 4 is 17.4 Å². The maximum Gasteiger partial charge on any atom is 0.0736 e. The molecule has 0 aliphatic rings. The Kier molecular flexibility index (Phi) is 5.96. The van der Waals surface area contributed by atoms with Gasteiger partial charge in [-0.2, -0.15) is 0 Å². The zero-order chi connectivity index (χ0) is 14.2. The molecule has 0 radical (unpaired) electrons. The van der Waals surface area contributed by atoms with Crippen molar-refractivity contribution in [1.29, 1.82) is 0 Å². The number of benzene rings is 2. The average Bonchev–Trinajstić information content (AvgIpc) is 2.52. The number of thioether (sulfide) groups is 1. The Hall–Kier alpha value is -1.45. The van der Waals surface area contributed by atoms with E-state index in [-0.39, 0.29) is 0 Å². The number of hydrogen-bond acceptors (Lipinski definition) is 3. The normalized spacial score (nSPS) is 10.5. The maximum absolute atomic E-state index is 5.50. The van der Waals surface area contributed by atoms with Crippen LogP contribution < -0.4 is 5.32 Å².